The standard InChI is InChI=1S/C13H19N.ClH/c14-13-9-5-4-8-12(13)10-11-6-2-1-3-7-11;/h1-3,6-7,12-13H,4-5,8-10,14H2;1H/t12-,13+;/m0./s1. The van der Waals surface area contributed by atoms with E-state index in [0.29, 0.717) is 12.0 Å². The predicted octanol–water partition coefficient (Wildman–Crippen LogP) is 3.17. The first kappa shape index (κ1) is 12.5. The minimum Gasteiger partial charge on any atom is -0.327 e. The maximum Gasteiger partial charge on any atom is 0.00703 e. The van der Waals surface area contributed by atoms with Crippen LogP contribution in [0.4, 0.5) is 0 Å². The molecule has 15 heavy (non-hydrogen) atoms. The average Bonchev–Trinajstić information content (AvgIpc) is 2.23. The van der Waals surface area contributed by atoms with Crippen molar-refractivity contribution in [3.05, 3.63) is 35.9 Å². The van der Waals surface area contributed by atoms with E-state index in [0.717, 1.165) is 0 Å². The number of hydrogen-bond acceptors (Lipinski definition) is 1. The number of hydrogen-bond donors (Lipinski definition) is 1. The summed E-state index contributed by atoms with van der Waals surface area (Å²) in [7, 11) is 0. The predicted molar refractivity (Wildman–Crippen MR) is 67.3 cm³/mol. The highest BCUT2D eigenvalue weighted by molar-refractivity contribution is 5.85. The largest absolute Gasteiger partial charge is 0.327 e. The van der Waals surface area contributed by atoms with Gasteiger partial charge < -0.3 is 5.73 Å². The van der Waals surface area contributed by atoms with Gasteiger partial charge in [-0.15, -0.1) is 12.4 Å². The van der Waals surface area contributed by atoms with E-state index >= 15 is 0 Å². The summed E-state index contributed by atoms with van der Waals surface area (Å²) in [6.07, 6.45) is 6.40. The lowest BCUT2D eigenvalue weighted by atomic mass is 9.81. The molecule has 0 aromatic heterocycles. The molecule has 1 aromatic rings. The zero-order valence-electron chi connectivity index (χ0n) is 9.06. The molecule has 2 atom stereocenters. The number of nitrogens with two attached hydrogens (primary N) is 1. The van der Waals surface area contributed by atoms with Crippen molar-refractivity contribution in [3.63, 3.8) is 0 Å². The van der Waals surface area contributed by atoms with Gasteiger partial charge in [-0.25, -0.2) is 0 Å². The van der Waals surface area contributed by atoms with Gasteiger partial charge in [0.05, 0.1) is 0 Å². The minimum atomic E-state index is 0. The zero-order valence-corrected chi connectivity index (χ0v) is 9.88. The van der Waals surface area contributed by atoms with Gasteiger partial charge in [-0.2, -0.15) is 0 Å². The molecule has 1 aliphatic rings. The second kappa shape index (κ2) is 6.14. The van der Waals surface area contributed by atoms with Crippen molar-refractivity contribution < 1.29 is 0 Å². The molecule has 1 saturated carbocycles. The van der Waals surface area contributed by atoms with Crippen molar-refractivity contribution in [2.24, 2.45) is 11.7 Å². The van der Waals surface area contributed by atoms with Crippen molar-refractivity contribution in [1.82, 2.24) is 0 Å². The highest BCUT2D eigenvalue weighted by Crippen LogP contribution is 2.25. The first-order chi connectivity index (χ1) is 6.86. The van der Waals surface area contributed by atoms with Crippen LogP contribution in [-0.2, 0) is 6.42 Å². The molecule has 0 radical (unpaired) electrons. The lowest BCUT2D eigenvalue weighted by Gasteiger charge is -2.28. The topological polar surface area (TPSA) is 26.0 Å². The third-order valence-corrected chi connectivity index (χ3v) is 3.31. The van der Waals surface area contributed by atoms with Gasteiger partial charge in [-0.1, -0.05) is 43.2 Å². The molecule has 1 nitrogen and oxygen atoms in total. The third-order valence-electron chi connectivity index (χ3n) is 3.31. The van der Waals surface area contributed by atoms with Crippen LogP contribution in [0.15, 0.2) is 30.3 Å². The Bertz CT molecular complexity index is 273. The smallest absolute Gasteiger partial charge is 0.00703 e. The highest BCUT2D eigenvalue weighted by Gasteiger charge is 2.21. The summed E-state index contributed by atoms with van der Waals surface area (Å²) >= 11 is 0. The molecule has 0 amide bonds. The fourth-order valence-corrected chi connectivity index (χ4v) is 2.41. The molecular formula is C13H20ClN. The van der Waals surface area contributed by atoms with E-state index < -0.39 is 0 Å². The fourth-order valence-electron chi connectivity index (χ4n) is 2.41. The van der Waals surface area contributed by atoms with Gasteiger partial charge in [0.25, 0.3) is 0 Å². The fraction of sp³-hybridized carbons (Fsp3) is 0.538. The van der Waals surface area contributed by atoms with Crippen LogP contribution in [0.25, 0.3) is 0 Å². The van der Waals surface area contributed by atoms with Crippen molar-refractivity contribution >= 4 is 12.4 Å². The van der Waals surface area contributed by atoms with Crippen LogP contribution in [0.1, 0.15) is 31.2 Å². The molecule has 2 rings (SSSR count). The van der Waals surface area contributed by atoms with Crippen LogP contribution in [0.3, 0.4) is 0 Å². The maximum absolute atomic E-state index is 6.13. The molecule has 2 heteroatoms. The molecule has 1 aliphatic carbocycles. The van der Waals surface area contributed by atoms with Crippen molar-refractivity contribution in [3.8, 4) is 0 Å². The Labute approximate surface area is 98.5 Å². The van der Waals surface area contributed by atoms with Crippen molar-refractivity contribution in [2.75, 3.05) is 0 Å². The highest BCUT2D eigenvalue weighted by atomic mass is 35.5. The molecular weight excluding hydrogens is 206 g/mol. The van der Waals surface area contributed by atoms with E-state index in [1.165, 1.54) is 37.7 Å². The van der Waals surface area contributed by atoms with E-state index in [1.807, 2.05) is 0 Å². The Balaban J connectivity index is 0.00000112. The average molecular weight is 226 g/mol. The summed E-state index contributed by atoms with van der Waals surface area (Å²) < 4.78 is 0. The number of benzene rings is 1. The molecule has 0 aliphatic heterocycles. The summed E-state index contributed by atoms with van der Waals surface area (Å²) in [6.45, 7) is 0. The first-order valence-corrected chi connectivity index (χ1v) is 5.66. The minimum absolute atomic E-state index is 0. The van der Waals surface area contributed by atoms with Gasteiger partial charge in [-0.05, 0) is 30.7 Å². The van der Waals surface area contributed by atoms with Gasteiger partial charge in [0.2, 0.25) is 0 Å². The second-order valence-corrected chi connectivity index (χ2v) is 4.40. The Kier molecular flexibility index (Phi) is 5.13. The molecule has 0 spiro atoms. The van der Waals surface area contributed by atoms with E-state index in [1.54, 1.807) is 0 Å². The number of halogens is 1. The van der Waals surface area contributed by atoms with E-state index in [9.17, 15) is 0 Å². The molecule has 0 bridgehead atoms. The van der Waals surface area contributed by atoms with Crippen LogP contribution in [0.2, 0.25) is 0 Å². The summed E-state index contributed by atoms with van der Waals surface area (Å²) in [4.78, 5) is 0. The first-order valence-electron chi connectivity index (χ1n) is 5.66. The third kappa shape index (κ3) is 3.51. The maximum atomic E-state index is 6.13. The monoisotopic (exact) mass is 225 g/mol. The molecule has 1 fully saturated rings. The van der Waals surface area contributed by atoms with E-state index in [-0.39, 0.29) is 12.4 Å². The number of rotatable bonds is 2. The van der Waals surface area contributed by atoms with Gasteiger partial charge in [0.15, 0.2) is 0 Å². The van der Waals surface area contributed by atoms with Gasteiger partial charge >= 0.3 is 0 Å². The van der Waals surface area contributed by atoms with Crippen LogP contribution in [0.5, 0.6) is 0 Å². The summed E-state index contributed by atoms with van der Waals surface area (Å²) in [5.41, 5.74) is 7.57. The van der Waals surface area contributed by atoms with Crippen LogP contribution in [0, 0.1) is 5.92 Å². The van der Waals surface area contributed by atoms with Crippen LogP contribution in [-0.4, -0.2) is 6.04 Å². The Morgan fingerprint density at radius 2 is 1.73 bits per heavy atom. The summed E-state index contributed by atoms with van der Waals surface area (Å²) in [5.74, 6) is 0.714. The summed E-state index contributed by atoms with van der Waals surface area (Å²) in [6, 6.07) is 11.2. The van der Waals surface area contributed by atoms with Gasteiger partial charge in [0.1, 0.15) is 0 Å². The van der Waals surface area contributed by atoms with Crippen LogP contribution < -0.4 is 5.73 Å². The van der Waals surface area contributed by atoms with Crippen LogP contribution >= 0.6 is 12.4 Å². The second-order valence-electron chi connectivity index (χ2n) is 4.40. The van der Waals surface area contributed by atoms with Crippen molar-refractivity contribution in [2.45, 2.75) is 38.1 Å². The molecule has 0 heterocycles. The lowest BCUT2D eigenvalue weighted by molar-refractivity contribution is 0.306. The lowest BCUT2D eigenvalue weighted by Crippen LogP contribution is -2.34. The van der Waals surface area contributed by atoms with Gasteiger partial charge in [0, 0.05) is 6.04 Å². The quantitative estimate of drug-likeness (QED) is 0.822. The normalized spacial score (nSPS) is 25.7. The SMILES string of the molecule is Cl.N[C@@H]1CCCC[C@H]1Cc1ccccc1. The zero-order chi connectivity index (χ0) is 9.80. The Morgan fingerprint density at radius 1 is 1.07 bits per heavy atom. The molecule has 0 saturated heterocycles. The van der Waals surface area contributed by atoms with Crippen molar-refractivity contribution in [1.29, 1.82) is 0 Å². The Morgan fingerprint density at radius 3 is 2.40 bits per heavy atom. The molecule has 1 aromatic carbocycles. The van der Waals surface area contributed by atoms with Gasteiger partial charge in [-0.3, -0.25) is 0 Å². The molecule has 0 unspecified atom stereocenters. The Hall–Kier alpha value is -0.530. The summed E-state index contributed by atoms with van der Waals surface area (Å²) in [5, 5.41) is 0. The van der Waals surface area contributed by atoms with E-state index in [4.69, 9.17) is 5.73 Å². The molecule has 84 valence electrons. The van der Waals surface area contributed by atoms with E-state index in [2.05, 4.69) is 30.3 Å². The molecule has 2 N–H and O–H groups in total.